The molecular formula is C17H17NO. The Bertz CT molecular complexity index is 604. The molecule has 0 heterocycles. The fourth-order valence-corrected chi connectivity index (χ4v) is 1.95. The van der Waals surface area contributed by atoms with E-state index >= 15 is 0 Å². The number of Topliss-reactive ketones (excluding diaryl/α,β-unsaturated/α-hetero) is 1. The summed E-state index contributed by atoms with van der Waals surface area (Å²) >= 11 is 0. The number of hydrogen-bond acceptors (Lipinski definition) is 2. The standard InChI is InChI=1S/C17H17NO/c1-12-5-4-6-13(2)17(12)18-11-15-7-9-16(10-8-15)14(3)19/h4-11H,1-3H3. The molecule has 0 fully saturated rings. The molecule has 0 radical (unpaired) electrons. The average Bonchev–Trinajstić information content (AvgIpc) is 2.38. The molecule has 0 atom stereocenters. The van der Waals surface area contributed by atoms with Crippen molar-refractivity contribution in [2.75, 3.05) is 0 Å². The molecule has 0 saturated carbocycles. The van der Waals surface area contributed by atoms with E-state index in [1.807, 2.05) is 36.5 Å². The first-order valence-electron chi connectivity index (χ1n) is 6.29. The number of benzene rings is 2. The van der Waals surface area contributed by atoms with E-state index in [2.05, 4.69) is 31.0 Å². The predicted molar refractivity (Wildman–Crippen MR) is 79.6 cm³/mol. The lowest BCUT2D eigenvalue weighted by atomic mass is 10.1. The number of aliphatic imine (C=N–C) groups is 1. The number of para-hydroxylation sites is 1. The maximum absolute atomic E-state index is 11.2. The van der Waals surface area contributed by atoms with Crippen LogP contribution in [-0.2, 0) is 0 Å². The summed E-state index contributed by atoms with van der Waals surface area (Å²) in [6.07, 6.45) is 1.83. The maximum atomic E-state index is 11.2. The topological polar surface area (TPSA) is 29.4 Å². The summed E-state index contributed by atoms with van der Waals surface area (Å²) < 4.78 is 0. The average molecular weight is 251 g/mol. The zero-order valence-electron chi connectivity index (χ0n) is 11.5. The Hall–Kier alpha value is -2.22. The van der Waals surface area contributed by atoms with Gasteiger partial charge in [0.1, 0.15) is 0 Å². The lowest BCUT2D eigenvalue weighted by Gasteiger charge is -2.03. The van der Waals surface area contributed by atoms with Gasteiger partial charge in [-0.25, -0.2) is 0 Å². The van der Waals surface area contributed by atoms with Crippen molar-refractivity contribution in [3.8, 4) is 0 Å². The van der Waals surface area contributed by atoms with E-state index in [1.54, 1.807) is 6.92 Å². The molecule has 0 aliphatic rings. The van der Waals surface area contributed by atoms with E-state index < -0.39 is 0 Å². The third-order valence-corrected chi connectivity index (χ3v) is 3.10. The smallest absolute Gasteiger partial charge is 0.159 e. The second-order valence-corrected chi connectivity index (χ2v) is 4.68. The van der Waals surface area contributed by atoms with Crippen LogP contribution in [0.15, 0.2) is 47.5 Å². The van der Waals surface area contributed by atoms with Crippen LogP contribution in [0.5, 0.6) is 0 Å². The van der Waals surface area contributed by atoms with Crippen LogP contribution in [0.4, 0.5) is 5.69 Å². The lowest BCUT2D eigenvalue weighted by molar-refractivity contribution is 0.101. The highest BCUT2D eigenvalue weighted by molar-refractivity contribution is 5.95. The number of ketones is 1. The second-order valence-electron chi connectivity index (χ2n) is 4.68. The summed E-state index contributed by atoms with van der Waals surface area (Å²) in [4.78, 5) is 15.7. The molecule has 0 aliphatic carbocycles. The quantitative estimate of drug-likeness (QED) is 0.592. The first-order valence-corrected chi connectivity index (χ1v) is 6.29. The highest BCUT2D eigenvalue weighted by Crippen LogP contribution is 2.22. The SMILES string of the molecule is CC(=O)c1ccc(C=Nc2c(C)cccc2C)cc1. The molecule has 0 bridgehead atoms. The Morgan fingerprint density at radius 3 is 2.11 bits per heavy atom. The Morgan fingerprint density at radius 2 is 1.58 bits per heavy atom. The molecule has 19 heavy (non-hydrogen) atoms. The molecule has 0 amide bonds. The summed E-state index contributed by atoms with van der Waals surface area (Å²) in [5.74, 6) is 0.0817. The maximum Gasteiger partial charge on any atom is 0.159 e. The van der Waals surface area contributed by atoms with Crippen molar-refractivity contribution >= 4 is 17.7 Å². The fraction of sp³-hybridized carbons (Fsp3) is 0.176. The van der Waals surface area contributed by atoms with Crippen molar-refractivity contribution in [3.05, 3.63) is 64.7 Å². The van der Waals surface area contributed by atoms with Crippen molar-refractivity contribution < 1.29 is 4.79 Å². The van der Waals surface area contributed by atoms with Crippen molar-refractivity contribution in [2.45, 2.75) is 20.8 Å². The Morgan fingerprint density at radius 1 is 1.00 bits per heavy atom. The summed E-state index contributed by atoms with van der Waals surface area (Å²) in [5.41, 5.74) is 5.06. The number of nitrogens with zero attached hydrogens (tertiary/aromatic N) is 1. The highest BCUT2D eigenvalue weighted by Gasteiger charge is 2.00. The van der Waals surface area contributed by atoms with E-state index in [9.17, 15) is 4.79 Å². The molecule has 0 aromatic heterocycles. The van der Waals surface area contributed by atoms with Gasteiger partial charge >= 0.3 is 0 Å². The van der Waals surface area contributed by atoms with E-state index in [4.69, 9.17) is 0 Å². The normalized spacial score (nSPS) is 10.9. The Labute approximate surface area is 113 Å². The molecule has 0 spiro atoms. The first-order chi connectivity index (χ1) is 9.08. The third kappa shape index (κ3) is 3.16. The molecule has 2 aromatic rings. The third-order valence-electron chi connectivity index (χ3n) is 3.10. The fourth-order valence-electron chi connectivity index (χ4n) is 1.95. The predicted octanol–water partition coefficient (Wildman–Crippen LogP) is 4.26. The van der Waals surface area contributed by atoms with E-state index in [0.717, 1.165) is 27.9 Å². The van der Waals surface area contributed by atoms with Crippen LogP contribution in [0.2, 0.25) is 0 Å². The van der Waals surface area contributed by atoms with Gasteiger partial charge in [-0.3, -0.25) is 9.79 Å². The minimum absolute atomic E-state index is 0.0817. The molecule has 0 aliphatic heterocycles. The van der Waals surface area contributed by atoms with Gasteiger partial charge in [0.15, 0.2) is 5.78 Å². The van der Waals surface area contributed by atoms with E-state index in [-0.39, 0.29) is 5.78 Å². The van der Waals surface area contributed by atoms with Crippen molar-refractivity contribution in [1.29, 1.82) is 0 Å². The van der Waals surface area contributed by atoms with Crippen LogP contribution >= 0.6 is 0 Å². The van der Waals surface area contributed by atoms with Crippen LogP contribution in [0.25, 0.3) is 0 Å². The van der Waals surface area contributed by atoms with Crippen LogP contribution in [0.3, 0.4) is 0 Å². The van der Waals surface area contributed by atoms with Gasteiger partial charge in [-0.1, -0.05) is 42.5 Å². The first kappa shape index (κ1) is 13.2. The zero-order chi connectivity index (χ0) is 13.8. The van der Waals surface area contributed by atoms with Gasteiger partial charge in [-0.2, -0.15) is 0 Å². The molecule has 2 nitrogen and oxygen atoms in total. The van der Waals surface area contributed by atoms with Gasteiger partial charge in [0, 0.05) is 11.8 Å². The molecule has 0 unspecified atom stereocenters. The van der Waals surface area contributed by atoms with Gasteiger partial charge in [0.25, 0.3) is 0 Å². The number of carbonyl (C=O) groups is 1. The lowest BCUT2D eigenvalue weighted by Crippen LogP contribution is -1.91. The van der Waals surface area contributed by atoms with Crippen LogP contribution in [0, 0.1) is 13.8 Å². The molecule has 2 rings (SSSR count). The molecule has 0 saturated heterocycles. The Balaban J connectivity index is 2.25. The summed E-state index contributed by atoms with van der Waals surface area (Å²) in [7, 11) is 0. The molecular weight excluding hydrogens is 234 g/mol. The van der Waals surface area contributed by atoms with Gasteiger partial charge in [-0.05, 0) is 37.5 Å². The summed E-state index contributed by atoms with van der Waals surface area (Å²) in [5, 5.41) is 0. The minimum atomic E-state index is 0.0817. The number of hydrogen-bond donors (Lipinski definition) is 0. The van der Waals surface area contributed by atoms with Gasteiger partial charge in [0.05, 0.1) is 5.69 Å². The highest BCUT2D eigenvalue weighted by atomic mass is 16.1. The molecule has 2 heteroatoms. The largest absolute Gasteiger partial charge is 0.295 e. The summed E-state index contributed by atoms with van der Waals surface area (Å²) in [6, 6.07) is 13.6. The number of rotatable bonds is 3. The van der Waals surface area contributed by atoms with E-state index in [1.165, 1.54) is 0 Å². The summed E-state index contributed by atoms with van der Waals surface area (Å²) in [6.45, 7) is 5.68. The number of carbonyl (C=O) groups excluding carboxylic acids is 1. The number of aryl methyl sites for hydroxylation is 2. The monoisotopic (exact) mass is 251 g/mol. The van der Waals surface area contributed by atoms with Crippen molar-refractivity contribution in [2.24, 2.45) is 4.99 Å². The van der Waals surface area contributed by atoms with Crippen LogP contribution in [0.1, 0.15) is 34.0 Å². The molecule has 0 N–H and O–H groups in total. The minimum Gasteiger partial charge on any atom is -0.295 e. The van der Waals surface area contributed by atoms with Gasteiger partial charge in [0.2, 0.25) is 0 Å². The van der Waals surface area contributed by atoms with Crippen LogP contribution in [-0.4, -0.2) is 12.0 Å². The van der Waals surface area contributed by atoms with Gasteiger partial charge < -0.3 is 0 Å². The van der Waals surface area contributed by atoms with Gasteiger partial charge in [-0.15, -0.1) is 0 Å². The zero-order valence-corrected chi connectivity index (χ0v) is 11.5. The van der Waals surface area contributed by atoms with Crippen LogP contribution < -0.4 is 0 Å². The van der Waals surface area contributed by atoms with E-state index in [0.29, 0.717) is 0 Å². The van der Waals surface area contributed by atoms with Crippen molar-refractivity contribution in [3.63, 3.8) is 0 Å². The Kier molecular flexibility index (Phi) is 3.91. The molecule has 2 aromatic carbocycles. The van der Waals surface area contributed by atoms with Crippen molar-refractivity contribution in [1.82, 2.24) is 0 Å². The second kappa shape index (κ2) is 5.61. The molecule has 96 valence electrons.